The Bertz CT molecular complexity index is 779. The maximum atomic E-state index is 13.1. The Morgan fingerprint density at radius 3 is 2.23 bits per heavy atom. The monoisotopic (exact) mass is 352 g/mol. The molecule has 0 aliphatic rings. The van der Waals surface area contributed by atoms with Gasteiger partial charge in [0.15, 0.2) is 0 Å². The molecule has 2 rings (SSSR count). The van der Waals surface area contributed by atoms with E-state index in [4.69, 9.17) is 0 Å². The number of anilines is 2. The summed E-state index contributed by atoms with van der Waals surface area (Å²) in [7, 11) is 0. The summed E-state index contributed by atoms with van der Waals surface area (Å²) >= 11 is 0. The molecule has 2 aromatic carbocycles. The van der Waals surface area contributed by atoms with Gasteiger partial charge in [-0.1, -0.05) is 31.2 Å². The highest BCUT2D eigenvalue weighted by atomic mass is 16.2. The molecule has 0 radical (unpaired) electrons. The summed E-state index contributed by atoms with van der Waals surface area (Å²) in [6.07, 6.45) is 0.945. The summed E-state index contributed by atoms with van der Waals surface area (Å²) in [5.74, 6) is -0.522. The maximum absolute atomic E-state index is 13.1. The molecule has 0 aromatic heterocycles. The van der Waals surface area contributed by atoms with Crippen molar-refractivity contribution in [1.29, 1.82) is 0 Å². The van der Waals surface area contributed by atoms with Gasteiger partial charge in [-0.2, -0.15) is 0 Å². The summed E-state index contributed by atoms with van der Waals surface area (Å²) in [6, 6.07) is 15.5. The smallest absolute Gasteiger partial charge is 0.242 e. The second-order valence-electron chi connectivity index (χ2n) is 7.02. The fourth-order valence-corrected chi connectivity index (χ4v) is 2.78. The van der Waals surface area contributed by atoms with Crippen molar-refractivity contribution in [3.63, 3.8) is 0 Å². The van der Waals surface area contributed by atoms with Crippen LogP contribution in [-0.4, -0.2) is 18.4 Å². The van der Waals surface area contributed by atoms with Crippen molar-refractivity contribution >= 4 is 23.2 Å². The normalized spacial score (nSPS) is 11.1. The standard InChI is InChI=1S/C22H28N2O2/c1-6-17-11-13-18(14-12-17)23-20(25)22(4,5)21(26)24(7-2)19-10-8-9-16(3)15-19/h8-15H,6-7H2,1-5H3,(H,23,25). The second kappa shape index (κ2) is 8.17. The van der Waals surface area contributed by atoms with E-state index in [0.29, 0.717) is 12.2 Å². The molecular formula is C22H28N2O2. The van der Waals surface area contributed by atoms with Crippen LogP contribution < -0.4 is 10.2 Å². The van der Waals surface area contributed by atoms with E-state index < -0.39 is 5.41 Å². The molecule has 138 valence electrons. The molecule has 4 heteroatoms. The molecule has 1 N–H and O–H groups in total. The quantitative estimate of drug-likeness (QED) is 0.774. The molecule has 0 aliphatic heterocycles. The molecule has 26 heavy (non-hydrogen) atoms. The van der Waals surface area contributed by atoms with E-state index in [1.54, 1.807) is 18.7 Å². The van der Waals surface area contributed by atoms with Crippen molar-refractivity contribution in [2.45, 2.75) is 41.0 Å². The molecular weight excluding hydrogens is 324 g/mol. The van der Waals surface area contributed by atoms with Crippen LogP contribution in [-0.2, 0) is 16.0 Å². The minimum atomic E-state index is -1.18. The lowest BCUT2D eigenvalue weighted by Crippen LogP contribution is -2.47. The Morgan fingerprint density at radius 1 is 1.04 bits per heavy atom. The average Bonchev–Trinajstić information content (AvgIpc) is 2.63. The first-order chi connectivity index (χ1) is 12.3. The number of hydrogen-bond acceptors (Lipinski definition) is 2. The number of nitrogens with zero attached hydrogens (tertiary/aromatic N) is 1. The number of hydrogen-bond donors (Lipinski definition) is 1. The SMILES string of the molecule is CCc1ccc(NC(=O)C(C)(C)C(=O)N(CC)c2cccc(C)c2)cc1. The van der Waals surface area contributed by atoms with Gasteiger partial charge in [0, 0.05) is 17.9 Å². The molecule has 0 atom stereocenters. The first kappa shape index (κ1) is 19.7. The van der Waals surface area contributed by atoms with E-state index in [0.717, 1.165) is 17.7 Å². The summed E-state index contributed by atoms with van der Waals surface area (Å²) < 4.78 is 0. The highest BCUT2D eigenvalue weighted by molar-refractivity contribution is 6.14. The molecule has 0 heterocycles. The number of aryl methyl sites for hydroxylation is 2. The molecule has 2 aromatic rings. The largest absolute Gasteiger partial charge is 0.325 e. The molecule has 0 bridgehead atoms. The van der Waals surface area contributed by atoms with Crippen LogP contribution in [0.5, 0.6) is 0 Å². The van der Waals surface area contributed by atoms with Gasteiger partial charge in [0.2, 0.25) is 11.8 Å². The highest BCUT2D eigenvalue weighted by Crippen LogP contribution is 2.26. The third kappa shape index (κ3) is 4.31. The third-order valence-corrected chi connectivity index (χ3v) is 4.60. The summed E-state index contributed by atoms with van der Waals surface area (Å²) in [5.41, 5.74) is 2.61. The Balaban J connectivity index is 2.19. The topological polar surface area (TPSA) is 49.4 Å². The lowest BCUT2D eigenvalue weighted by atomic mass is 9.89. The van der Waals surface area contributed by atoms with Gasteiger partial charge in [-0.25, -0.2) is 0 Å². The van der Waals surface area contributed by atoms with Gasteiger partial charge in [-0.05, 0) is 69.5 Å². The van der Waals surface area contributed by atoms with Crippen molar-refractivity contribution in [3.8, 4) is 0 Å². The van der Waals surface area contributed by atoms with E-state index in [1.165, 1.54) is 5.56 Å². The van der Waals surface area contributed by atoms with E-state index in [2.05, 4.69) is 12.2 Å². The number of benzene rings is 2. The van der Waals surface area contributed by atoms with Gasteiger partial charge in [0.25, 0.3) is 0 Å². The number of nitrogens with one attached hydrogen (secondary N) is 1. The van der Waals surface area contributed by atoms with Gasteiger partial charge in [-0.3, -0.25) is 9.59 Å². The van der Waals surface area contributed by atoms with Crippen LogP contribution in [0, 0.1) is 12.3 Å². The second-order valence-corrected chi connectivity index (χ2v) is 7.02. The lowest BCUT2D eigenvalue weighted by molar-refractivity contribution is -0.136. The number of carbonyl (C=O) groups is 2. The van der Waals surface area contributed by atoms with Gasteiger partial charge in [-0.15, -0.1) is 0 Å². The minimum Gasteiger partial charge on any atom is -0.325 e. The minimum absolute atomic E-state index is 0.215. The zero-order valence-electron chi connectivity index (χ0n) is 16.3. The summed E-state index contributed by atoms with van der Waals surface area (Å²) in [4.78, 5) is 27.6. The maximum Gasteiger partial charge on any atom is 0.242 e. The molecule has 0 aliphatic carbocycles. The van der Waals surface area contributed by atoms with E-state index in [-0.39, 0.29) is 11.8 Å². The lowest BCUT2D eigenvalue weighted by Gasteiger charge is -2.30. The average molecular weight is 352 g/mol. The predicted octanol–water partition coefficient (Wildman–Crippen LogP) is 4.58. The molecule has 0 saturated heterocycles. The van der Waals surface area contributed by atoms with Crippen LogP contribution in [0.1, 0.15) is 38.8 Å². The number of rotatable bonds is 6. The van der Waals surface area contributed by atoms with Crippen molar-refractivity contribution in [2.24, 2.45) is 5.41 Å². The van der Waals surface area contributed by atoms with E-state index in [1.807, 2.05) is 62.4 Å². The fourth-order valence-electron chi connectivity index (χ4n) is 2.78. The Morgan fingerprint density at radius 2 is 1.69 bits per heavy atom. The van der Waals surface area contributed by atoms with Crippen LogP contribution >= 0.6 is 0 Å². The van der Waals surface area contributed by atoms with Crippen molar-refractivity contribution < 1.29 is 9.59 Å². The Kier molecular flexibility index (Phi) is 6.19. The fraction of sp³-hybridized carbons (Fsp3) is 0.364. The zero-order valence-corrected chi connectivity index (χ0v) is 16.3. The Hall–Kier alpha value is -2.62. The molecule has 2 amide bonds. The molecule has 0 saturated carbocycles. The van der Waals surface area contributed by atoms with Crippen LogP contribution in [0.2, 0.25) is 0 Å². The zero-order chi connectivity index (χ0) is 19.3. The van der Waals surface area contributed by atoms with Gasteiger partial charge in [0.05, 0.1) is 0 Å². The van der Waals surface area contributed by atoms with E-state index in [9.17, 15) is 9.59 Å². The van der Waals surface area contributed by atoms with Crippen molar-refractivity contribution in [3.05, 3.63) is 59.7 Å². The van der Waals surface area contributed by atoms with E-state index >= 15 is 0 Å². The van der Waals surface area contributed by atoms with Gasteiger partial charge in [0.1, 0.15) is 5.41 Å². The van der Waals surface area contributed by atoms with Crippen LogP contribution in [0.4, 0.5) is 11.4 Å². The first-order valence-corrected chi connectivity index (χ1v) is 9.08. The highest BCUT2D eigenvalue weighted by Gasteiger charge is 2.39. The molecule has 4 nitrogen and oxygen atoms in total. The number of carbonyl (C=O) groups excluding carboxylic acids is 2. The summed E-state index contributed by atoms with van der Waals surface area (Å²) in [5, 5.41) is 2.87. The Labute approximate surface area is 156 Å². The predicted molar refractivity (Wildman–Crippen MR) is 107 cm³/mol. The molecule has 0 fully saturated rings. The third-order valence-electron chi connectivity index (χ3n) is 4.60. The van der Waals surface area contributed by atoms with Crippen LogP contribution in [0.3, 0.4) is 0 Å². The van der Waals surface area contributed by atoms with Gasteiger partial charge < -0.3 is 10.2 Å². The van der Waals surface area contributed by atoms with Gasteiger partial charge >= 0.3 is 0 Å². The molecule has 0 spiro atoms. The van der Waals surface area contributed by atoms with Crippen LogP contribution in [0.25, 0.3) is 0 Å². The van der Waals surface area contributed by atoms with Crippen molar-refractivity contribution in [1.82, 2.24) is 0 Å². The first-order valence-electron chi connectivity index (χ1n) is 9.08. The summed E-state index contributed by atoms with van der Waals surface area (Å²) in [6.45, 7) is 9.83. The van der Waals surface area contributed by atoms with Crippen molar-refractivity contribution in [2.75, 3.05) is 16.8 Å². The number of amides is 2. The molecule has 0 unspecified atom stereocenters. The van der Waals surface area contributed by atoms with Crippen LogP contribution in [0.15, 0.2) is 48.5 Å².